The van der Waals surface area contributed by atoms with Crippen molar-refractivity contribution in [1.29, 1.82) is 0 Å². The lowest BCUT2D eigenvalue weighted by Gasteiger charge is -2.05. The lowest BCUT2D eigenvalue weighted by molar-refractivity contribution is -0.385. The molecule has 1 aromatic rings. The van der Waals surface area contributed by atoms with Gasteiger partial charge in [0.15, 0.2) is 0 Å². The van der Waals surface area contributed by atoms with Crippen molar-refractivity contribution in [3.05, 3.63) is 39.4 Å². The number of benzene rings is 1. The maximum absolute atomic E-state index is 11.8. The third-order valence-electron chi connectivity index (χ3n) is 2.38. The first-order valence-electron chi connectivity index (χ1n) is 5.49. The molecule has 0 unspecified atom stereocenters. The Kier molecular flexibility index (Phi) is 4.88. The summed E-state index contributed by atoms with van der Waals surface area (Å²) < 4.78 is 0. The fourth-order valence-electron chi connectivity index (χ4n) is 1.54. The summed E-state index contributed by atoms with van der Waals surface area (Å²) in [6.07, 6.45) is 0.530. The number of hydrogen-bond donors (Lipinski definition) is 1. The van der Waals surface area contributed by atoms with Gasteiger partial charge in [0.05, 0.1) is 4.92 Å². The van der Waals surface area contributed by atoms with E-state index in [9.17, 15) is 14.9 Å². The topological polar surface area (TPSA) is 72.2 Å². The third-order valence-corrected chi connectivity index (χ3v) is 2.38. The van der Waals surface area contributed by atoms with Gasteiger partial charge in [-0.1, -0.05) is 12.1 Å². The van der Waals surface area contributed by atoms with Gasteiger partial charge in [-0.15, -0.1) is 11.8 Å². The Morgan fingerprint density at radius 2 is 2.22 bits per heavy atom. The Labute approximate surface area is 105 Å². The van der Waals surface area contributed by atoms with Gasteiger partial charge in [-0.05, 0) is 19.9 Å². The monoisotopic (exact) mass is 246 g/mol. The van der Waals surface area contributed by atoms with Crippen LogP contribution in [0.25, 0.3) is 0 Å². The molecule has 0 radical (unpaired) electrons. The molecule has 1 rings (SSSR count). The van der Waals surface area contributed by atoms with Gasteiger partial charge in [0.2, 0.25) is 0 Å². The van der Waals surface area contributed by atoms with Gasteiger partial charge >= 0.3 is 0 Å². The normalized spacial score (nSPS) is 9.22. The molecule has 18 heavy (non-hydrogen) atoms. The number of carbonyl (C=O) groups excluding carboxylic acids is 1. The summed E-state index contributed by atoms with van der Waals surface area (Å²) in [6.45, 7) is 3.70. The van der Waals surface area contributed by atoms with Gasteiger partial charge in [0.25, 0.3) is 11.6 Å². The zero-order valence-electron chi connectivity index (χ0n) is 10.3. The van der Waals surface area contributed by atoms with E-state index in [-0.39, 0.29) is 11.3 Å². The lowest BCUT2D eigenvalue weighted by Crippen LogP contribution is -2.25. The Morgan fingerprint density at radius 1 is 1.50 bits per heavy atom. The molecule has 0 saturated heterocycles. The maximum atomic E-state index is 11.8. The van der Waals surface area contributed by atoms with E-state index in [2.05, 4.69) is 17.2 Å². The molecule has 94 valence electrons. The average molecular weight is 246 g/mol. The smallest absolute Gasteiger partial charge is 0.285 e. The van der Waals surface area contributed by atoms with Crippen LogP contribution < -0.4 is 5.32 Å². The molecule has 0 atom stereocenters. The minimum absolute atomic E-state index is 0.0875. The van der Waals surface area contributed by atoms with Crippen molar-refractivity contribution >= 4 is 11.6 Å². The number of para-hydroxylation sites is 1. The summed E-state index contributed by atoms with van der Waals surface area (Å²) >= 11 is 0. The summed E-state index contributed by atoms with van der Waals surface area (Å²) in [7, 11) is 0. The van der Waals surface area contributed by atoms with Crippen molar-refractivity contribution in [2.75, 3.05) is 6.54 Å². The molecule has 0 spiro atoms. The highest BCUT2D eigenvalue weighted by Gasteiger charge is 2.21. The van der Waals surface area contributed by atoms with Crippen molar-refractivity contribution in [2.45, 2.75) is 20.3 Å². The molecule has 0 aliphatic carbocycles. The van der Waals surface area contributed by atoms with Gasteiger partial charge in [-0.25, -0.2) is 0 Å². The standard InChI is InChI=1S/C13H14N2O3/c1-3-4-5-9-14-13(16)11-8-6-7-10(2)12(11)15(17)18/h6-8H,5,9H2,1-2H3,(H,14,16). The summed E-state index contributed by atoms with van der Waals surface area (Å²) in [5.41, 5.74) is 0.419. The van der Waals surface area contributed by atoms with Crippen molar-refractivity contribution < 1.29 is 9.72 Å². The van der Waals surface area contributed by atoms with Crippen LogP contribution in [-0.2, 0) is 0 Å². The first kappa shape index (κ1) is 13.7. The van der Waals surface area contributed by atoms with Crippen LogP contribution in [0.2, 0.25) is 0 Å². The molecule has 1 N–H and O–H groups in total. The number of nitro benzene ring substituents is 1. The zero-order chi connectivity index (χ0) is 13.5. The minimum atomic E-state index is -0.532. The Morgan fingerprint density at radius 3 is 2.83 bits per heavy atom. The Hall–Kier alpha value is -2.35. The van der Waals surface area contributed by atoms with Crippen LogP contribution in [0.5, 0.6) is 0 Å². The van der Waals surface area contributed by atoms with Crippen LogP contribution in [0.3, 0.4) is 0 Å². The second kappa shape index (κ2) is 6.40. The quantitative estimate of drug-likeness (QED) is 0.382. The lowest BCUT2D eigenvalue weighted by atomic mass is 10.1. The number of nitrogens with one attached hydrogen (secondary N) is 1. The number of amides is 1. The van der Waals surface area contributed by atoms with Gasteiger partial charge < -0.3 is 5.32 Å². The third kappa shape index (κ3) is 3.32. The molecular formula is C13H14N2O3. The number of nitrogens with zero attached hydrogens (tertiary/aromatic N) is 1. The maximum Gasteiger partial charge on any atom is 0.285 e. The summed E-state index contributed by atoms with van der Waals surface area (Å²) in [5.74, 6) is 5.07. The molecule has 0 saturated carbocycles. The van der Waals surface area contributed by atoms with Crippen molar-refractivity contribution in [2.24, 2.45) is 0 Å². The molecule has 0 aliphatic rings. The second-order valence-corrected chi connectivity index (χ2v) is 3.66. The highest BCUT2D eigenvalue weighted by molar-refractivity contribution is 5.98. The highest BCUT2D eigenvalue weighted by atomic mass is 16.6. The predicted octanol–water partition coefficient (Wildman–Crippen LogP) is 2.05. The van der Waals surface area contributed by atoms with E-state index < -0.39 is 10.8 Å². The number of hydrogen-bond acceptors (Lipinski definition) is 3. The van der Waals surface area contributed by atoms with Gasteiger partial charge in [-0.2, -0.15) is 0 Å². The van der Waals surface area contributed by atoms with E-state index in [1.807, 2.05) is 0 Å². The SMILES string of the molecule is CC#CCCNC(=O)c1cccc(C)c1[N+](=O)[O-]. The number of nitro groups is 1. The van der Waals surface area contributed by atoms with Gasteiger partial charge in [-0.3, -0.25) is 14.9 Å². The van der Waals surface area contributed by atoms with Crippen LogP contribution in [-0.4, -0.2) is 17.4 Å². The number of aryl methyl sites for hydroxylation is 1. The first-order chi connectivity index (χ1) is 8.57. The van der Waals surface area contributed by atoms with Gasteiger partial charge in [0.1, 0.15) is 5.56 Å². The number of carbonyl (C=O) groups is 1. The fourth-order valence-corrected chi connectivity index (χ4v) is 1.54. The Bertz CT molecular complexity index is 527. The van der Waals surface area contributed by atoms with Crippen molar-refractivity contribution in [1.82, 2.24) is 5.32 Å². The van der Waals surface area contributed by atoms with Crippen LogP contribution in [0.4, 0.5) is 5.69 Å². The molecule has 0 aromatic heterocycles. The highest BCUT2D eigenvalue weighted by Crippen LogP contribution is 2.22. The van der Waals surface area contributed by atoms with Crippen molar-refractivity contribution in [3.8, 4) is 11.8 Å². The van der Waals surface area contributed by atoms with E-state index in [4.69, 9.17) is 0 Å². The van der Waals surface area contributed by atoms with Crippen LogP contribution in [0.1, 0.15) is 29.3 Å². The van der Waals surface area contributed by atoms with Crippen LogP contribution in [0.15, 0.2) is 18.2 Å². The van der Waals surface area contributed by atoms with Crippen LogP contribution in [0, 0.1) is 28.9 Å². The van der Waals surface area contributed by atoms with E-state index in [1.165, 1.54) is 6.07 Å². The zero-order valence-corrected chi connectivity index (χ0v) is 10.3. The van der Waals surface area contributed by atoms with E-state index in [0.717, 1.165) is 0 Å². The van der Waals surface area contributed by atoms with Crippen molar-refractivity contribution in [3.63, 3.8) is 0 Å². The molecule has 0 aliphatic heterocycles. The fraction of sp³-hybridized carbons (Fsp3) is 0.308. The molecule has 1 amide bonds. The second-order valence-electron chi connectivity index (χ2n) is 3.66. The molecule has 0 heterocycles. The summed E-state index contributed by atoms with van der Waals surface area (Å²) in [5, 5.41) is 13.5. The summed E-state index contributed by atoms with van der Waals surface area (Å²) in [4.78, 5) is 22.2. The molecule has 1 aromatic carbocycles. The predicted molar refractivity (Wildman–Crippen MR) is 68.2 cm³/mol. The molecule has 0 fully saturated rings. The Balaban J connectivity index is 2.88. The minimum Gasteiger partial charge on any atom is -0.351 e. The molecule has 5 heteroatoms. The average Bonchev–Trinajstić information content (AvgIpc) is 2.33. The van der Waals surface area contributed by atoms with E-state index in [1.54, 1.807) is 26.0 Å². The summed E-state index contributed by atoms with van der Waals surface area (Å²) in [6, 6.07) is 4.69. The molecule has 0 bridgehead atoms. The van der Waals surface area contributed by atoms with Gasteiger partial charge in [0, 0.05) is 18.5 Å². The van der Waals surface area contributed by atoms with E-state index >= 15 is 0 Å². The molecular weight excluding hydrogens is 232 g/mol. The van der Waals surface area contributed by atoms with Crippen LogP contribution >= 0.6 is 0 Å². The van der Waals surface area contributed by atoms with E-state index in [0.29, 0.717) is 18.5 Å². The first-order valence-corrected chi connectivity index (χ1v) is 5.49. The number of rotatable bonds is 4. The molecule has 5 nitrogen and oxygen atoms in total. The largest absolute Gasteiger partial charge is 0.351 e.